The zero-order chi connectivity index (χ0) is 8.27. The number of methoxy groups -OCH3 is 1. The summed E-state index contributed by atoms with van der Waals surface area (Å²) in [5.74, 6) is 0.646. The first-order valence-electron chi connectivity index (χ1n) is 3.09. The Balaban J connectivity index is 3.24. The summed E-state index contributed by atoms with van der Waals surface area (Å²) >= 11 is 5.79. The fourth-order valence-corrected chi connectivity index (χ4v) is 1.04. The van der Waals surface area contributed by atoms with Gasteiger partial charge in [0, 0.05) is 0 Å². The van der Waals surface area contributed by atoms with Gasteiger partial charge in [-0.3, -0.25) is 4.99 Å². The van der Waals surface area contributed by atoms with Gasteiger partial charge in [0.25, 0.3) is 0 Å². The summed E-state index contributed by atoms with van der Waals surface area (Å²) in [6.45, 7) is 3.39. The van der Waals surface area contributed by atoms with Crippen molar-refractivity contribution in [1.29, 1.82) is 0 Å². The largest absolute Gasteiger partial charge is 0.494 e. The van der Waals surface area contributed by atoms with E-state index in [1.165, 1.54) is 0 Å². The van der Waals surface area contributed by atoms with Gasteiger partial charge in [0.1, 0.15) is 11.4 Å². The normalized spacial score (nSPS) is 9.27. The first-order chi connectivity index (χ1) is 5.29. The van der Waals surface area contributed by atoms with Crippen molar-refractivity contribution < 1.29 is 4.74 Å². The van der Waals surface area contributed by atoms with Crippen molar-refractivity contribution in [3.05, 3.63) is 23.2 Å². The van der Waals surface area contributed by atoms with E-state index < -0.39 is 0 Å². The van der Waals surface area contributed by atoms with E-state index in [2.05, 4.69) is 11.7 Å². The number of benzene rings is 1. The predicted octanol–water partition coefficient (Wildman–Crippen LogP) is 2.68. The molecule has 0 amide bonds. The molecule has 0 aliphatic heterocycles. The first kappa shape index (κ1) is 8.08. The molecule has 0 fully saturated rings. The molecule has 0 unspecified atom stereocenters. The van der Waals surface area contributed by atoms with Crippen LogP contribution in [0, 0.1) is 0 Å². The van der Waals surface area contributed by atoms with Crippen LogP contribution in [-0.4, -0.2) is 13.8 Å². The average molecular weight is 170 g/mol. The van der Waals surface area contributed by atoms with E-state index >= 15 is 0 Å². The van der Waals surface area contributed by atoms with Crippen LogP contribution in [0.4, 0.5) is 5.69 Å². The minimum absolute atomic E-state index is 0.555. The number of para-hydroxylation sites is 1. The fraction of sp³-hybridized carbons (Fsp3) is 0.125. The van der Waals surface area contributed by atoms with Crippen LogP contribution in [-0.2, 0) is 0 Å². The summed E-state index contributed by atoms with van der Waals surface area (Å²) in [5.41, 5.74) is 0.594. The van der Waals surface area contributed by atoms with Crippen molar-refractivity contribution in [2.24, 2.45) is 4.99 Å². The molecule has 0 spiro atoms. The van der Waals surface area contributed by atoms with E-state index in [1.807, 2.05) is 0 Å². The molecule has 3 heteroatoms. The molecular formula is C8H8ClNO. The fourth-order valence-electron chi connectivity index (χ4n) is 0.814. The maximum Gasteiger partial charge on any atom is 0.145 e. The topological polar surface area (TPSA) is 21.6 Å². The molecule has 0 atom stereocenters. The van der Waals surface area contributed by atoms with Crippen molar-refractivity contribution in [3.63, 3.8) is 0 Å². The van der Waals surface area contributed by atoms with Gasteiger partial charge in [-0.15, -0.1) is 0 Å². The Morgan fingerprint density at radius 2 is 2.27 bits per heavy atom. The SMILES string of the molecule is C=Nc1c(Cl)cccc1OC. The molecule has 0 aromatic heterocycles. The van der Waals surface area contributed by atoms with Crippen LogP contribution in [0.1, 0.15) is 0 Å². The Labute approximate surface area is 70.5 Å². The summed E-state index contributed by atoms with van der Waals surface area (Å²) in [4.78, 5) is 3.73. The van der Waals surface area contributed by atoms with Crippen molar-refractivity contribution in [2.75, 3.05) is 7.11 Å². The predicted molar refractivity (Wildman–Crippen MR) is 47.2 cm³/mol. The van der Waals surface area contributed by atoms with Crippen molar-refractivity contribution in [3.8, 4) is 5.75 Å². The Morgan fingerprint density at radius 1 is 1.55 bits per heavy atom. The summed E-state index contributed by atoms with van der Waals surface area (Å²) in [5, 5.41) is 0.555. The highest BCUT2D eigenvalue weighted by molar-refractivity contribution is 6.33. The molecule has 0 saturated heterocycles. The number of rotatable bonds is 2. The maximum absolute atomic E-state index is 5.79. The minimum Gasteiger partial charge on any atom is -0.494 e. The highest BCUT2D eigenvalue weighted by Gasteiger charge is 2.03. The van der Waals surface area contributed by atoms with Gasteiger partial charge < -0.3 is 4.74 Å². The number of nitrogens with zero attached hydrogens (tertiary/aromatic N) is 1. The maximum atomic E-state index is 5.79. The van der Waals surface area contributed by atoms with Gasteiger partial charge in [0.15, 0.2) is 0 Å². The zero-order valence-electron chi connectivity index (χ0n) is 6.17. The Morgan fingerprint density at radius 3 is 2.73 bits per heavy atom. The lowest BCUT2D eigenvalue weighted by Crippen LogP contribution is -1.82. The second-order valence-electron chi connectivity index (χ2n) is 1.95. The van der Waals surface area contributed by atoms with Crippen LogP contribution >= 0.6 is 11.6 Å². The quantitative estimate of drug-likeness (QED) is 0.624. The molecule has 0 aliphatic rings. The van der Waals surface area contributed by atoms with E-state index in [9.17, 15) is 0 Å². The smallest absolute Gasteiger partial charge is 0.145 e. The van der Waals surface area contributed by atoms with Crippen LogP contribution in [0.5, 0.6) is 5.75 Å². The molecule has 0 heterocycles. The van der Waals surface area contributed by atoms with Gasteiger partial charge >= 0.3 is 0 Å². The molecule has 11 heavy (non-hydrogen) atoms. The summed E-state index contributed by atoms with van der Waals surface area (Å²) in [6, 6.07) is 5.33. The Kier molecular flexibility index (Phi) is 2.49. The van der Waals surface area contributed by atoms with Crippen LogP contribution in [0.15, 0.2) is 23.2 Å². The Hall–Kier alpha value is -1.02. The third-order valence-corrected chi connectivity index (χ3v) is 1.63. The van der Waals surface area contributed by atoms with E-state index in [4.69, 9.17) is 16.3 Å². The number of hydrogen-bond acceptors (Lipinski definition) is 2. The highest BCUT2D eigenvalue weighted by Crippen LogP contribution is 2.33. The second-order valence-corrected chi connectivity index (χ2v) is 2.36. The van der Waals surface area contributed by atoms with Crippen LogP contribution < -0.4 is 4.74 Å². The number of halogens is 1. The monoisotopic (exact) mass is 169 g/mol. The van der Waals surface area contributed by atoms with E-state index in [0.29, 0.717) is 16.5 Å². The summed E-state index contributed by atoms with van der Waals surface area (Å²) in [7, 11) is 1.57. The molecular weight excluding hydrogens is 162 g/mol. The van der Waals surface area contributed by atoms with Gasteiger partial charge in [0.2, 0.25) is 0 Å². The Bertz CT molecular complexity index is 273. The lowest BCUT2D eigenvalue weighted by molar-refractivity contribution is 0.416. The molecule has 0 saturated carbocycles. The van der Waals surface area contributed by atoms with Gasteiger partial charge in [-0.1, -0.05) is 17.7 Å². The molecule has 58 valence electrons. The molecule has 0 aliphatic carbocycles. The summed E-state index contributed by atoms with van der Waals surface area (Å²) in [6.07, 6.45) is 0. The van der Waals surface area contributed by atoms with Crippen molar-refractivity contribution in [1.82, 2.24) is 0 Å². The molecule has 0 radical (unpaired) electrons. The average Bonchev–Trinajstić information content (AvgIpc) is 2.04. The molecule has 1 aromatic carbocycles. The number of ether oxygens (including phenoxy) is 1. The standard InChI is InChI=1S/C8H8ClNO/c1-10-8-6(9)4-3-5-7(8)11-2/h3-5H,1H2,2H3. The molecule has 0 N–H and O–H groups in total. The number of hydrogen-bond donors (Lipinski definition) is 0. The molecule has 0 bridgehead atoms. The molecule has 1 aromatic rings. The van der Waals surface area contributed by atoms with Crippen LogP contribution in [0.2, 0.25) is 5.02 Å². The zero-order valence-corrected chi connectivity index (χ0v) is 6.93. The van der Waals surface area contributed by atoms with E-state index in [0.717, 1.165) is 0 Å². The number of aliphatic imine (C=N–C) groups is 1. The van der Waals surface area contributed by atoms with Crippen LogP contribution in [0.3, 0.4) is 0 Å². The third-order valence-electron chi connectivity index (χ3n) is 1.33. The van der Waals surface area contributed by atoms with Gasteiger partial charge in [-0.2, -0.15) is 0 Å². The van der Waals surface area contributed by atoms with E-state index in [-0.39, 0.29) is 0 Å². The lowest BCUT2D eigenvalue weighted by atomic mass is 10.3. The van der Waals surface area contributed by atoms with Gasteiger partial charge in [-0.05, 0) is 18.9 Å². The van der Waals surface area contributed by atoms with E-state index in [1.54, 1.807) is 25.3 Å². The van der Waals surface area contributed by atoms with Crippen LogP contribution in [0.25, 0.3) is 0 Å². The molecule has 2 nitrogen and oxygen atoms in total. The second kappa shape index (κ2) is 3.39. The lowest BCUT2D eigenvalue weighted by Gasteiger charge is -2.03. The highest BCUT2D eigenvalue weighted by atomic mass is 35.5. The summed E-state index contributed by atoms with van der Waals surface area (Å²) < 4.78 is 5.00. The first-order valence-corrected chi connectivity index (χ1v) is 3.46. The van der Waals surface area contributed by atoms with Crippen molar-refractivity contribution >= 4 is 24.0 Å². The third kappa shape index (κ3) is 1.52. The molecule has 1 rings (SSSR count). The van der Waals surface area contributed by atoms with Crippen molar-refractivity contribution in [2.45, 2.75) is 0 Å². The van der Waals surface area contributed by atoms with Gasteiger partial charge in [-0.25, -0.2) is 0 Å². The van der Waals surface area contributed by atoms with Gasteiger partial charge in [0.05, 0.1) is 12.1 Å². The minimum atomic E-state index is 0.555.